The van der Waals surface area contributed by atoms with Crippen LogP contribution >= 0.6 is 0 Å². The van der Waals surface area contributed by atoms with Crippen LogP contribution < -0.4 is 16.4 Å². The highest BCUT2D eigenvalue weighted by atomic mass is 16.2. The fraction of sp³-hybridized carbons (Fsp3) is 0.333. The summed E-state index contributed by atoms with van der Waals surface area (Å²) in [6.45, 7) is 0.365. The van der Waals surface area contributed by atoms with Crippen LogP contribution in [-0.4, -0.2) is 40.6 Å². The first-order valence-electron chi connectivity index (χ1n) is 10.9. The van der Waals surface area contributed by atoms with E-state index < -0.39 is 23.8 Å². The van der Waals surface area contributed by atoms with Crippen LogP contribution in [0.3, 0.4) is 0 Å². The molecule has 0 bridgehead atoms. The van der Waals surface area contributed by atoms with Gasteiger partial charge in [-0.3, -0.25) is 29.4 Å². The minimum Gasteiger partial charge on any atom is -0.381 e. The van der Waals surface area contributed by atoms with Crippen LogP contribution in [0.15, 0.2) is 36.4 Å². The van der Waals surface area contributed by atoms with Gasteiger partial charge in [0, 0.05) is 24.7 Å². The Labute approximate surface area is 185 Å². The van der Waals surface area contributed by atoms with Crippen molar-refractivity contribution in [2.75, 3.05) is 5.32 Å². The van der Waals surface area contributed by atoms with Crippen molar-refractivity contribution in [2.45, 2.75) is 50.7 Å². The van der Waals surface area contributed by atoms with E-state index in [1.807, 2.05) is 12.1 Å². The monoisotopic (exact) mass is 432 g/mol. The van der Waals surface area contributed by atoms with Gasteiger partial charge in [-0.05, 0) is 60.6 Å². The van der Waals surface area contributed by atoms with Gasteiger partial charge in [-0.2, -0.15) is 0 Å². The maximum Gasteiger partial charge on any atom is 0.262 e. The van der Waals surface area contributed by atoms with Gasteiger partial charge in [0.1, 0.15) is 6.04 Å². The largest absolute Gasteiger partial charge is 0.381 e. The van der Waals surface area contributed by atoms with Gasteiger partial charge in [0.05, 0.1) is 11.1 Å². The molecule has 8 heteroatoms. The highest BCUT2D eigenvalue weighted by Crippen LogP contribution is 2.31. The molecule has 2 unspecified atom stereocenters. The number of piperidine rings is 1. The smallest absolute Gasteiger partial charge is 0.262 e. The molecule has 5 rings (SSSR count). The molecule has 1 fully saturated rings. The number of nitrogens with one attached hydrogen (secondary N) is 2. The fourth-order valence-electron chi connectivity index (χ4n) is 4.82. The molecular formula is C24H24N4O4. The normalized spacial score (nSPS) is 22.5. The fourth-order valence-corrected chi connectivity index (χ4v) is 4.82. The van der Waals surface area contributed by atoms with E-state index in [0.29, 0.717) is 23.2 Å². The number of fused-ring (bicyclic) bond motifs is 2. The van der Waals surface area contributed by atoms with Gasteiger partial charge in [0.25, 0.3) is 11.8 Å². The van der Waals surface area contributed by atoms with Crippen LogP contribution in [0, 0.1) is 0 Å². The summed E-state index contributed by atoms with van der Waals surface area (Å²) < 4.78 is 0. The van der Waals surface area contributed by atoms with Gasteiger partial charge in [0.15, 0.2) is 0 Å². The summed E-state index contributed by atoms with van der Waals surface area (Å²) in [6, 6.07) is 10.6. The molecule has 2 atom stereocenters. The number of amides is 4. The van der Waals surface area contributed by atoms with Crippen LogP contribution in [0.1, 0.15) is 56.7 Å². The Balaban J connectivity index is 1.37. The number of carbonyl (C=O) groups excluding carboxylic acids is 4. The molecule has 32 heavy (non-hydrogen) atoms. The first-order valence-corrected chi connectivity index (χ1v) is 10.9. The van der Waals surface area contributed by atoms with Crippen molar-refractivity contribution in [1.29, 1.82) is 0 Å². The maximum absolute atomic E-state index is 13.2. The predicted octanol–water partition coefficient (Wildman–Crippen LogP) is 1.52. The lowest BCUT2D eigenvalue weighted by molar-refractivity contribution is -0.136. The number of imide groups is 2. The minimum absolute atomic E-state index is 0.0987. The first-order chi connectivity index (χ1) is 15.4. The van der Waals surface area contributed by atoms with Crippen molar-refractivity contribution in [1.82, 2.24) is 10.2 Å². The van der Waals surface area contributed by atoms with E-state index in [0.717, 1.165) is 29.8 Å². The lowest BCUT2D eigenvalue weighted by Gasteiger charge is -2.27. The Bertz CT molecular complexity index is 1160. The molecule has 4 N–H and O–H groups in total. The molecule has 2 aromatic carbocycles. The van der Waals surface area contributed by atoms with E-state index in [-0.39, 0.29) is 24.8 Å². The van der Waals surface area contributed by atoms with E-state index in [1.165, 1.54) is 11.1 Å². The zero-order valence-electron chi connectivity index (χ0n) is 17.5. The number of nitrogens with zero attached hydrogens (tertiary/aromatic N) is 1. The second kappa shape index (κ2) is 7.87. The highest BCUT2D eigenvalue weighted by Gasteiger charge is 2.45. The molecule has 1 aliphatic carbocycles. The summed E-state index contributed by atoms with van der Waals surface area (Å²) in [5.41, 5.74) is 10.9. The molecule has 2 aliphatic heterocycles. The number of nitrogens with two attached hydrogens (primary N) is 1. The molecule has 2 aromatic rings. The Hall–Kier alpha value is -3.52. The van der Waals surface area contributed by atoms with Gasteiger partial charge >= 0.3 is 0 Å². The second-order valence-electron chi connectivity index (χ2n) is 8.63. The minimum atomic E-state index is -0.965. The van der Waals surface area contributed by atoms with Crippen molar-refractivity contribution in [3.8, 4) is 0 Å². The summed E-state index contributed by atoms with van der Waals surface area (Å²) in [4.78, 5) is 50.9. The van der Waals surface area contributed by atoms with Crippen LogP contribution in [-0.2, 0) is 29.0 Å². The molecule has 0 radical (unpaired) electrons. The Morgan fingerprint density at radius 2 is 1.84 bits per heavy atom. The third-order valence-electron chi connectivity index (χ3n) is 6.51. The van der Waals surface area contributed by atoms with Gasteiger partial charge in [-0.1, -0.05) is 18.2 Å². The van der Waals surface area contributed by atoms with E-state index in [9.17, 15) is 19.2 Å². The number of hydrogen-bond acceptors (Lipinski definition) is 6. The summed E-state index contributed by atoms with van der Waals surface area (Å²) in [5.74, 6) is -1.98. The summed E-state index contributed by atoms with van der Waals surface area (Å²) >= 11 is 0. The van der Waals surface area contributed by atoms with E-state index in [4.69, 9.17) is 5.73 Å². The summed E-state index contributed by atoms with van der Waals surface area (Å²) in [6.07, 6.45) is 3.04. The molecule has 3 aliphatic rings. The molecule has 2 heterocycles. The first kappa shape index (κ1) is 20.4. The third-order valence-corrected chi connectivity index (χ3v) is 6.51. The van der Waals surface area contributed by atoms with Crippen molar-refractivity contribution >= 4 is 29.3 Å². The van der Waals surface area contributed by atoms with Gasteiger partial charge in [-0.25, -0.2) is 0 Å². The predicted molar refractivity (Wildman–Crippen MR) is 117 cm³/mol. The number of hydrogen-bond donors (Lipinski definition) is 3. The second-order valence-corrected chi connectivity index (χ2v) is 8.63. The topological polar surface area (TPSA) is 122 Å². The summed E-state index contributed by atoms with van der Waals surface area (Å²) in [7, 11) is 0. The molecule has 0 saturated carbocycles. The molecule has 164 valence electrons. The van der Waals surface area contributed by atoms with Crippen LogP contribution in [0.25, 0.3) is 0 Å². The number of anilines is 1. The number of benzene rings is 2. The standard InChI is InChI=1S/C24H24N4O4/c25-16-6-4-14-11-17(7-5-13(14)10-16)26-12-15-2-1-3-18-21(15)24(32)28(23(18)31)19-8-9-20(29)27-22(19)30/h1-3,5,7,11,16,19,26H,4,6,8-10,12,25H2,(H,27,29,30). The Kier molecular flexibility index (Phi) is 5.01. The number of aryl methyl sites for hydroxylation is 1. The van der Waals surface area contributed by atoms with Gasteiger partial charge in [-0.15, -0.1) is 0 Å². The zero-order valence-corrected chi connectivity index (χ0v) is 17.5. The Morgan fingerprint density at radius 1 is 1.00 bits per heavy atom. The number of rotatable bonds is 4. The van der Waals surface area contributed by atoms with Crippen LogP contribution in [0.2, 0.25) is 0 Å². The van der Waals surface area contributed by atoms with Crippen molar-refractivity contribution in [2.24, 2.45) is 5.73 Å². The quantitative estimate of drug-likeness (QED) is 0.630. The van der Waals surface area contributed by atoms with Crippen molar-refractivity contribution in [3.05, 3.63) is 64.2 Å². The lowest BCUT2D eigenvalue weighted by atomic mass is 9.88. The van der Waals surface area contributed by atoms with Crippen molar-refractivity contribution in [3.63, 3.8) is 0 Å². The lowest BCUT2D eigenvalue weighted by Crippen LogP contribution is -2.54. The zero-order chi connectivity index (χ0) is 22.4. The molecule has 8 nitrogen and oxygen atoms in total. The molecule has 0 spiro atoms. The Morgan fingerprint density at radius 3 is 2.66 bits per heavy atom. The molecule has 0 aromatic heterocycles. The van der Waals surface area contributed by atoms with E-state index >= 15 is 0 Å². The van der Waals surface area contributed by atoms with E-state index in [2.05, 4.69) is 22.8 Å². The molecular weight excluding hydrogens is 408 g/mol. The summed E-state index contributed by atoms with van der Waals surface area (Å²) in [5, 5.41) is 5.58. The van der Waals surface area contributed by atoms with Crippen LogP contribution in [0.5, 0.6) is 0 Å². The van der Waals surface area contributed by atoms with Gasteiger partial charge < -0.3 is 11.1 Å². The van der Waals surface area contributed by atoms with Gasteiger partial charge in [0.2, 0.25) is 11.8 Å². The van der Waals surface area contributed by atoms with Crippen LogP contribution in [0.4, 0.5) is 5.69 Å². The SMILES string of the molecule is NC1CCc2cc(NCc3cccc4c3C(=O)N(C3CCC(=O)NC3=O)C4=O)ccc2C1. The highest BCUT2D eigenvalue weighted by molar-refractivity contribution is 6.24. The molecule has 1 saturated heterocycles. The van der Waals surface area contributed by atoms with E-state index in [1.54, 1.807) is 12.1 Å². The van der Waals surface area contributed by atoms with Crippen molar-refractivity contribution < 1.29 is 19.2 Å². The average Bonchev–Trinajstić information content (AvgIpc) is 3.03. The number of carbonyl (C=O) groups is 4. The average molecular weight is 432 g/mol. The third kappa shape index (κ3) is 3.46. The maximum atomic E-state index is 13.2. The molecule has 4 amide bonds.